The first kappa shape index (κ1) is 14.8. The molecule has 2 nitrogen and oxygen atoms in total. The van der Waals surface area contributed by atoms with Crippen molar-refractivity contribution in [2.75, 3.05) is 13.1 Å². The second kappa shape index (κ2) is 6.69. The summed E-state index contributed by atoms with van der Waals surface area (Å²) in [5, 5.41) is 3.40. The molecule has 0 saturated carbocycles. The van der Waals surface area contributed by atoms with Crippen LogP contribution in [0.25, 0.3) is 11.1 Å². The van der Waals surface area contributed by atoms with Gasteiger partial charge in [-0.2, -0.15) is 0 Å². The van der Waals surface area contributed by atoms with Gasteiger partial charge in [-0.15, -0.1) is 0 Å². The van der Waals surface area contributed by atoms with Crippen LogP contribution in [0.5, 0.6) is 0 Å². The van der Waals surface area contributed by atoms with E-state index in [-0.39, 0.29) is 5.54 Å². The highest BCUT2D eigenvalue weighted by Crippen LogP contribution is 2.19. The Morgan fingerprint density at radius 1 is 0.900 bits per heavy atom. The van der Waals surface area contributed by atoms with Crippen molar-refractivity contribution in [1.82, 2.24) is 5.32 Å². The van der Waals surface area contributed by atoms with Gasteiger partial charge in [0.05, 0.1) is 0 Å². The molecule has 3 N–H and O–H groups in total. The van der Waals surface area contributed by atoms with Crippen molar-refractivity contribution in [2.24, 2.45) is 5.73 Å². The van der Waals surface area contributed by atoms with Crippen molar-refractivity contribution >= 4 is 0 Å². The third-order valence-corrected chi connectivity index (χ3v) is 3.23. The Bertz CT molecular complexity index is 509. The number of benzene rings is 2. The fraction of sp³-hybridized carbons (Fsp3) is 0.333. The van der Waals surface area contributed by atoms with Crippen molar-refractivity contribution in [3.05, 3.63) is 60.2 Å². The summed E-state index contributed by atoms with van der Waals surface area (Å²) in [5.41, 5.74) is 9.68. The monoisotopic (exact) mass is 268 g/mol. The van der Waals surface area contributed by atoms with Gasteiger partial charge in [0.2, 0.25) is 0 Å². The number of nitrogens with one attached hydrogen (secondary N) is 1. The van der Waals surface area contributed by atoms with Crippen LogP contribution < -0.4 is 11.1 Å². The molecular formula is C18H24N2. The third-order valence-electron chi connectivity index (χ3n) is 3.23. The van der Waals surface area contributed by atoms with Crippen molar-refractivity contribution in [1.29, 1.82) is 0 Å². The van der Waals surface area contributed by atoms with Gasteiger partial charge < -0.3 is 11.1 Å². The minimum Gasteiger partial charge on any atom is -0.324 e. The standard InChI is InChI=1S/C18H24N2/c1-18(2,19)14-20-13-12-15-8-10-17(11-9-15)16-6-4-3-5-7-16/h3-11,20H,12-14,19H2,1-2H3. The van der Waals surface area contributed by atoms with Crippen LogP contribution in [-0.4, -0.2) is 18.6 Å². The van der Waals surface area contributed by atoms with Crippen LogP contribution in [0.1, 0.15) is 19.4 Å². The minimum atomic E-state index is -0.142. The molecule has 0 amide bonds. The maximum absolute atomic E-state index is 5.94. The van der Waals surface area contributed by atoms with Gasteiger partial charge in [-0.3, -0.25) is 0 Å². The molecule has 0 fully saturated rings. The molecule has 0 bridgehead atoms. The van der Waals surface area contributed by atoms with Crippen LogP contribution in [0.3, 0.4) is 0 Å². The summed E-state index contributed by atoms with van der Waals surface area (Å²) >= 11 is 0. The number of rotatable bonds is 6. The third kappa shape index (κ3) is 4.80. The minimum absolute atomic E-state index is 0.142. The van der Waals surface area contributed by atoms with Crippen molar-refractivity contribution in [2.45, 2.75) is 25.8 Å². The van der Waals surface area contributed by atoms with Gasteiger partial charge in [0.25, 0.3) is 0 Å². The quantitative estimate of drug-likeness (QED) is 0.789. The van der Waals surface area contributed by atoms with Gasteiger partial charge in [-0.25, -0.2) is 0 Å². The molecular weight excluding hydrogens is 244 g/mol. The Morgan fingerprint density at radius 3 is 2.10 bits per heavy atom. The van der Waals surface area contributed by atoms with Crippen LogP contribution >= 0.6 is 0 Å². The van der Waals surface area contributed by atoms with E-state index in [4.69, 9.17) is 5.73 Å². The molecule has 2 aromatic carbocycles. The second-order valence-corrected chi connectivity index (χ2v) is 5.98. The summed E-state index contributed by atoms with van der Waals surface area (Å²) in [5.74, 6) is 0. The van der Waals surface area contributed by atoms with Crippen LogP contribution in [-0.2, 0) is 6.42 Å². The topological polar surface area (TPSA) is 38.0 Å². The molecule has 0 atom stereocenters. The van der Waals surface area contributed by atoms with E-state index in [1.54, 1.807) is 0 Å². The fourth-order valence-electron chi connectivity index (χ4n) is 2.14. The summed E-state index contributed by atoms with van der Waals surface area (Å²) in [6.07, 6.45) is 1.03. The number of nitrogens with two attached hydrogens (primary N) is 1. The van der Waals surface area contributed by atoms with Crippen LogP contribution in [0.2, 0.25) is 0 Å². The van der Waals surface area contributed by atoms with E-state index in [0.29, 0.717) is 0 Å². The molecule has 0 aromatic heterocycles. The first-order valence-electron chi connectivity index (χ1n) is 7.18. The van der Waals surface area contributed by atoms with Gasteiger partial charge in [0.15, 0.2) is 0 Å². The van der Waals surface area contributed by atoms with Crippen LogP contribution in [0.4, 0.5) is 0 Å². The van der Waals surface area contributed by atoms with E-state index in [1.165, 1.54) is 16.7 Å². The highest BCUT2D eigenvalue weighted by atomic mass is 14.9. The second-order valence-electron chi connectivity index (χ2n) is 5.98. The maximum atomic E-state index is 5.94. The molecule has 0 aliphatic carbocycles. The Kier molecular flexibility index (Phi) is 4.94. The Hall–Kier alpha value is -1.64. The van der Waals surface area contributed by atoms with Gasteiger partial charge in [0.1, 0.15) is 0 Å². The molecule has 0 heterocycles. The largest absolute Gasteiger partial charge is 0.324 e. The van der Waals surface area contributed by atoms with E-state index >= 15 is 0 Å². The van der Waals surface area contributed by atoms with E-state index in [1.807, 2.05) is 19.9 Å². The molecule has 2 aromatic rings. The highest BCUT2D eigenvalue weighted by molar-refractivity contribution is 5.63. The Morgan fingerprint density at radius 2 is 1.50 bits per heavy atom. The normalized spacial score (nSPS) is 11.6. The van der Waals surface area contributed by atoms with Gasteiger partial charge in [-0.1, -0.05) is 54.6 Å². The summed E-state index contributed by atoms with van der Waals surface area (Å²) in [7, 11) is 0. The molecule has 0 unspecified atom stereocenters. The van der Waals surface area contributed by atoms with Crippen LogP contribution in [0, 0.1) is 0 Å². The van der Waals surface area contributed by atoms with Gasteiger partial charge >= 0.3 is 0 Å². The predicted octanol–water partition coefficient (Wildman–Crippen LogP) is 3.22. The molecule has 2 heteroatoms. The zero-order valence-electron chi connectivity index (χ0n) is 12.4. The van der Waals surface area contributed by atoms with Crippen molar-refractivity contribution in [3.8, 4) is 11.1 Å². The number of hydrogen-bond donors (Lipinski definition) is 2. The van der Waals surface area contributed by atoms with Gasteiger partial charge in [0, 0.05) is 12.1 Å². The van der Waals surface area contributed by atoms with E-state index < -0.39 is 0 Å². The molecule has 2 rings (SSSR count). The molecule has 0 spiro atoms. The lowest BCUT2D eigenvalue weighted by molar-refractivity contribution is 0.469. The number of hydrogen-bond acceptors (Lipinski definition) is 2. The van der Waals surface area contributed by atoms with E-state index in [2.05, 4.69) is 53.8 Å². The van der Waals surface area contributed by atoms with Gasteiger partial charge in [-0.05, 0) is 43.5 Å². The van der Waals surface area contributed by atoms with E-state index in [0.717, 1.165) is 19.5 Å². The lowest BCUT2D eigenvalue weighted by Gasteiger charge is -2.18. The average Bonchev–Trinajstić information content (AvgIpc) is 2.44. The van der Waals surface area contributed by atoms with Crippen molar-refractivity contribution in [3.63, 3.8) is 0 Å². The molecule has 0 radical (unpaired) electrons. The van der Waals surface area contributed by atoms with Crippen LogP contribution in [0.15, 0.2) is 54.6 Å². The Balaban J connectivity index is 1.86. The zero-order chi connectivity index (χ0) is 14.4. The SMILES string of the molecule is CC(C)(N)CNCCc1ccc(-c2ccccc2)cc1. The smallest absolute Gasteiger partial charge is 0.0223 e. The fourth-order valence-corrected chi connectivity index (χ4v) is 2.14. The van der Waals surface area contributed by atoms with E-state index in [9.17, 15) is 0 Å². The first-order valence-corrected chi connectivity index (χ1v) is 7.18. The van der Waals surface area contributed by atoms with Crippen molar-refractivity contribution < 1.29 is 0 Å². The molecule has 0 aliphatic heterocycles. The zero-order valence-corrected chi connectivity index (χ0v) is 12.4. The lowest BCUT2D eigenvalue weighted by Crippen LogP contribution is -2.43. The molecule has 0 saturated heterocycles. The Labute approximate surface area is 122 Å². The summed E-state index contributed by atoms with van der Waals surface area (Å²) in [6, 6.07) is 19.3. The molecule has 20 heavy (non-hydrogen) atoms. The highest BCUT2D eigenvalue weighted by Gasteiger charge is 2.08. The summed E-state index contributed by atoms with van der Waals surface area (Å²) in [6.45, 7) is 5.88. The maximum Gasteiger partial charge on any atom is 0.0223 e. The molecule has 106 valence electrons. The average molecular weight is 268 g/mol. The summed E-state index contributed by atoms with van der Waals surface area (Å²) in [4.78, 5) is 0. The predicted molar refractivity (Wildman–Crippen MR) is 86.7 cm³/mol. The lowest BCUT2D eigenvalue weighted by atomic mass is 10.0. The molecule has 0 aliphatic rings. The first-order chi connectivity index (χ1) is 9.54. The summed E-state index contributed by atoms with van der Waals surface area (Å²) < 4.78 is 0.